The molecule has 0 fully saturated rings. The second-order valence-corrected chi connectivity index (χ2v) is 3.94. The Morgan fingerprint density at radius 2 is 2.14 bits per heavy atom. The smallest absolute Gasteiger partial charge is 0.273 e. The lowest BCUT2D eigenvalue weighted by Crippen LogP contribution is -2.02. The fourth-order valence-corrected chi connectivity index (χ4v) is 1.61. The molecular weight excluding hydrogens is 276 g/mol. The van der Waals surface area contributed by atoms with Crippen LogP contribution in [0.2, 0.25) is 0 Å². The molecule has 1 aromatic heterocycles. The first-order chi connectivity index (χ1) is 10.1. The van der Waals surface area contributed by atoms with Gasteiger partial charge in [-0.05, 0) is 13.0 Å². The van der Waals surface area contributed by atoms with Crippen LogP contribution in [0.15, 0.2) is 30.5 Å². The van der Waals surface area contributed by atoms with Gasteiger partial charge in [-0.1, -0.05) is 0 Å². The Balaban J connectivity index is 2.26. The monoisotopic (exact) mass is 290 g/mol. The van der Waals surface area contributed by atoms with Crippen LogP contribution in [0.1, 0.15) is 6.92 Å². The van der Waals surface area contributed by atoms with Crippen LogP contribution in [-0.4, -0.2) is 28.5 Å². The molecule has 2 rings (SSSR count). The Morgan fingerprint density at radius 3 is 2.81 bits per heavy atom. The highest BCUT2D eigenvalue weighted by atomic mass is 16.6. The van der Waals surface area contributed by atoms with Gasteiger partial charge in [0.2, 0.25) is 11.8 Å². The average molecular weight is 290 g/mol. The number of hydrogen-bond acceptors (Lipinski definition) is 7. The summed E-state index contributed by atoms with van der Waals surface area (Å²) in [5.74, 6) is 1.35. The number of nitro benzene ring substituents is 1. The van der Waals surface area contributed by atoms with Gasteiger partial charge in [0.1, 0.15) is 0 Å². The minimum absolute atomic E-state index is 0.0739. The zero-order valence-corrected chi connectivity index (χ0v) is 11.6. The lowest BCUT2D eigenvalue weighted by atomic mass is 10.3. The fourth-order valence-electron chi connectivity index (χ4n) is 1.61. The van der Waals surface area contributed by atoms with E-state index >= 15 is 0 Å². The molecule has 0 spiro atoms. The molecule has 8 nitrogen and oxygen atoms in total. The molecule has 0 radical (unpaired) electrons. The number of non-ortho nitro benzene ring substituents is 1. The summed E-state index contributed by atoms with van der Waals surface area (Å²) >= 11 is 0. The Hall–Kier alpha value is -2.90. The van der Waals surface area contributed by atoms with Crippen molar-refractivity contribution in [3.63, 3.8) is 0 Å². The van der Waals surface area contributed by atoms with Gasteiger partial charge in [0.25, 0.3) is 5.69 Å². The molecule has 0 saturated heterocycles. The first-order valence-corrected chi connectivity index (χ1v) is 6.21. The first-order valence-electron chi connectivity index (χ1n) is 6.21. The highest BCUT2D eigenvalue weighted by Crippen LogP contribution is 2.33. The highest BCUT2D eigenvalue weighted by Gasteiger charge is 2.13. The van der Waals surface area contributed by atoms with E-state index in [9.17, 15) is 10.1 Å². The Morgan fingerprint density at radius 1 is 1.33 bits per heavy atom. The summed E-state index contributed by atoms with van der Waals surface area (Å²) in [6.45, 7) is 2.61. The van der Waals surface area contributed by atoms with E-state index in [2.05, 4.69) is 15.3 Å². The van der Waals surface area contributed by atoms with E-state index in [0.717, 1.165) is 0 Å². The van der Waals surface area contributed by atoms with Gasteiger partial charge in [0, 0.05) is 24.9 Å². The lowest BCUT2D eigenvalue weighted by Gasteiger charge is -2.10. The Kier molecular flexibility index (Phi) is 4.50. The summed E-state index contributed by atoms with van der Waals surface area (Å²) in [7, 11) is 1.41. The summed E-state index contributed by atoms with van der Waals surface area (Å²) in [6, 6.07) is 5.68. The zero-order valence-electron chi connectivity index (χ0n) is 11.6. The molecule has 110 valence electrons. The molecule has 1 aromatic carbocycles. The van der Waals surface area contributed by atoms with Crippen LogP contribution < -0.4 is 14.8 Å². The normalized spacial score (nSPS) is 10.0. The quantitative estimate of drug-likeness (QED) is 0.644. The second-order valence-electron chi connectivity index (χ2n) is 3.94. The summed E-state index contributed by atoms with van der Waals surface area (Å²) in [5, 5.41) is 13.7. The molecule has 8 heteroatoms. The van der Waals surface area contributed by atoms with Crippen LogP contribution >= 0.6 is 0 Å². The van der Waals surface area contributed by atoms with E-state index in [0.29, 0.717) is 24.1 Å². The number of ether oxygens (including phenoxy) is 2. The number of nitro groups is 1. The minimum Gasteiger partial charge on any atom is -0.493 e. The van der Waals surface area contributed by atoms with Crippen molar-refractivity contribution in [2.24, 2.45) is 0 Å². The maximum absolute atomic E-state index is 10.7. The number of hydrogen-bond donors (Lipinski definition) is 1. The van der Waals surface area contributed by atoms with Crippen LogP contribution in [0.25, 0.3) is 0 Å². The predicted octanol–water partition coefficient (Wildman–Crippen LogP) is 2.62. The van der Waals surface area contributed by atoms with Crippen molar-refractivity contribution in [2.45, 2.75) is 6.92 Å². The van der Waals surface area contributed by atoms with Crippen LogP contribution in [-0.2, 0) is 0 Å². The molecular formula is C13H14N4O4. The molecule has 0 aliphatic rings. The van der Waals surface area contributed by atoms with Crippen LogP contribution in [0.4, 0.5) is 11.6 Å². The topological polar surface area (TPSA) is 99.4 Å². The van der Waals surface area contributed by atoms with E-state index in [-0.39, 0.29) is 11.4 Å². The number of aromatic nitrogens is 2. The SMILES string of the molecule is CCNc1nccc(Oc2ccc([N+](=O)[O-])cc2OC)n1. The number of methoxy groups -OCH3 is 1. The number of rotatable bonds is 6. The molecule has 0 aliphatic heterocycles. The van der Waals surface area contributed by atoms with Crippen molar-refractivity contribution in [1.82, 2.24) is 9.97 Å². The third-order valence-electron chi connectivity index (χ3n) is 2.54. The number of benzene rings is 1. The maximum atomic E-state index is 10.7. The van der Waals surface area contributed by atoms with E-state index in [4.69, 9.17) is 9.47 Å². The van der Waals surface area contributed by atoms with Gasteiger partial charge in [-0.2, -0.15) is 4.98 Å². The first kappa shape index (κ1) is 14.5. The van der Waals surface area contributed by atoms with E-state index in [1.807, 2.05) is 6.92 Å². The largest absolute Gasteiger partial charge is 0.493 e. The van der Waals surface area contributed by atoms with Gasteiger partial charge in [-0.3, -0.25) is 10.1 Å². The van der Waals surface area contributed by atoms with Gasteiger partial charge in [-0.25, -0.2) is 4.98 Å². The average Bonchev–Trinajstić information content (AvgIpc) is 2.48. The van der Waals surface area contributed by atoms with Crippen molar-refractivity contribution < 1.29 is 14.4 Å². The van der Waals surface area contributed by atoms with Gasteiger partial charge >= 0.3 is 0 Å². The molecule has 0 atom stereocenters. The molecule has 0 aliphatic carbocycles. The van der Waals surface area contributed by atoms with Crippen molar-refractivity contribution in [2.75, 3.05) is 19.0 Å². The summed E-state index contributed by atoms with van der Waals surface area (Å²) in [5.41, 5.74) is -0.0739. The molecule has 2 aromatic rings. The highest BCUT2D eigenvalue weighted by molar-refractivity contribution is 5.49. The van der Waals surface area contributed by atoms with Gasteiger partial charge < -0.3 is 14.8 Å². The van der Waals surface area contributed by atoms with Gasteiger partial charge in [0.15, 0.2) is 11.5 Å². The Bertz CT molecular complexity index is 648. The fraction of sp³-hybridized carbons (Fsp3) is 0.231. The van der Waals surface area contributed by atoms with E-state index in [1.165, 1.54) is 25.3 Å². The van der Waals surface area contributed by atoms with Crippen LogP contribution in [0.5, 0.6) is 17.4 Å². The summed E-state index contributed by atoms with van der Waals surface area (Å²) < 4.78 is 10.7. The van der Waals surface area contributed by atoms with E-state index < -0.39 is 4.92 Å². The van der Waals surface area contributed by atoms with E-state index in [1.54, 1.807) is 12.3 Å². The number of nitrogens with one attached hydrogen (secondary N) is 1. The van der Waals surface area contributed by atoms with Crippen molar-refractivity contribution in [3.8, 4) is 17.4 Å². The predicted molar refractivity (Wildman–Crippen MR) is 75.9 cm³/mol. The molecule has 1 heterocycles. The third-order valence-corrected chi connectivity index (χ3v) is 2.54. The molecule has 21 heavy (non-hydrogen) atoms. The lowest BCUT2D eigenvalue weighted by molar-refractivity contribution is -0.384. The van der Waals surface area contributed by atoms with Gasteiger partial charge in [-0.15, -0.1) is 0 Å². The third kappa shape index (κ3) is 3.56. The van der Waals surface area contributed by atoms with Crippen LogP contribution in [0.3, 0.4) is 0 Å². The molecule has 0 unspecified atom stereocenters. The van der Waals surface area contributed by atoms with Crippen molar-refractivity contribution in [3.05, 3.63) is 40.6 Å². The van der Waals surface area contributed by atoms with Crippen molar-refractivity contribution in [1.29, 1.82) is 0 Å². The second kappa shape index (κ2) is 6.51. The minimum atomic E-state index is -0.500. The summed E-state index contributed by atoms with van der Waals surface area (Å²) in [6.07, 6.45) is 1.55. The standard InChI is InChI=1S/C13H14N4O4/c1-3-14-13-15-7-6-12(16-13)21-10-5-4-9(17(18)19)8-11(10)20-2/h4-8H,3H2,1-2H3,(H,14,15,16). The van der Waals surface area contributed by atoms with Gasteiger partial charge in [0.05, 0.1) is 18.1 Å². The van der Waals surface area contributed by atoms with Crippen LogP contribution in [0, 0.1) is 10.1 Å². The number of nitrogens with zero attached hydrogens (tertiary/aromatic N) is 3. The molecule has 1 N–H and O–H groups in total. The maximum Gasteiger partial charge on any atom is 0.273 e. The molecule has 0 bridgehead atoms. The summed E-state index contributed by atoms with van der Waals surface area (Å²) in [4.78, 5) is 18.4. The number of anilines is 1. The molecule has 0 amide bonds. The molecule has 0 saturated carbocycles. The zero-order chi connectivity index (χ0) is 15.2. The van der Waals surface area contributed by atoms with Crippen molar-refractivity contribution >= 4 is 11.6 Å². The Labute approximate surface area is 120 Å².